The summed E-state index contributed by atoms with van der Waals surface area (Å²) in [6.45, 7) is 4.44. The molecule has 3 atom stereocenters. The van der Waals surface area contributed by atoms with Crippen LogP contribution in [0.15, 0.2) is 58.8 Å². The maximum atomic E-state index is 12.7. The molecule has 1 aromatic carbocycles. The minimum absolute atomic E-state index is 0.0305. The van der Waals surface area contributed by atoms with Crippen LogP contribution in [0.4, 0.5) is 8.78 Å². The van der Waals surface area contributed by atoms with E-state index >= 15 is 0 Å². The molecule has 0 bridgehead atoms. The van der Waals surface area contributed by atoms with Crippen LogP contribution in [-0.4, -0.2) is 43.2 Å². The summed E-state index contributed by atoms with van der Waals surface area (Å²) in [7, 11) is 0. The average molecular weight is 504 g/mol. The normalized spacial score (nSPS) is 20.4. The summed E-state index contributed by atoms with van der Waals surface area (Å²) >= 11 is 1.80. The fourth-order valence-corrected chi connectivity index (χ4v) is 5.48. The van der Waals surface area contributed by atoms with Crippen molar-refractivity contribution < 1.29 is 13.6 Å². The molecule has 2 aromatic heterocycles. The van der Waals surface area contributed by atoms with Crippen molar-refractivity contribution >= 4 is 29.4 Å². The zero-order valence-electron chi connectivity index (χ0n) is 19.0. The summed E-state index contributed by atoms with van der Waals surface area (Å²) in [5, 5.41) is 12.4. The van der Waals surface area contributed by atoms with Crippen molar-refractivity contribution in [3.05, 3.63) is 48.8 Å². The van der Waals surface area contributed by atoms with E-state index in [0.717, 1.165) is 24.1 Å². The molecule has 0 aliphatic heterocycles. The predicted molar refractivity (Wildman–Crippen MR) is 131 cm³/mol. The first-order chi connectivity index (χ1) is 16.4. The van der Waals surface area contributed by atoms with E-state index in [9.17, 15) is 13.6 Å². The zero-order valence-corrected chi connectivity index (χ0v) is 20.7. The maximum Gasteiger partial charge on any atom is 0.288 e. The van der Waals surface area contributed by atoms with E-state index in [-0.39, 0.29) is 17.7 Å². The molecule has 4 rings (SSSR count). The number of carbonyl (C=O) groups is 1. The van der Waals surface area contributed by atoms with Gasteiger partial charge in [0.1, 0.15) is 0 Å². The van der Waals surface area contributed by atoms with Gasteiger partial charge in [-0.3, -0.25) is 14.3 Å². The van der Waals surface area contributed by atoms with Crippen LogP contribution in [0.5, 0.6) is 0 Å². The third-order valence-electron chi connectivity index (χ3n) is 6.26. The summed E-state index contributed by atoms with van der Waals surface area (Å²) in [5.41, 5.74) is 1.49. The minimum Gasteiger partial charge on any atom is -0.352 e. The molecule has 1 amide bonds. The zero-order chi connectivity index (χ0) is 24.1. The van der Waals surface area contributed by atoms with Crippen molar-refractivity contribution in [1.82, 2.24) is 25.1 Å². The molecule has 10 heteroatoms. The third-order valence-corrected chi connectivity index (χ3v) is 7.91. The van der Waals surface area contributed by atoms with Gasteiger partial charge in [-0.25, -0.2) is 0 Å². The summed E-state index contributed by atoms with van der Waals surface area (Å²) in [4.78, 5) is 17.4. The second-order valence-corrected chi connectivity index (χ2v) is 10.5. The molecule has 0 saturated heterocycles. The van der Waals surface area contributed by atoms with E-state index in [2.05, 4.69) is 34.3 Å². The van der Waals surface area contributed by atoms with E-state index in [1.807, 2.05) is 16.7 Å². The molecule has 180 valence electrons. The Hall–Kier alpha value is -2.46. The average Bonchev–Trinajstić information content (AvgIpc) is 3.25. The van der Waals surface area contributed by atoms with Gasteiger partial charge in [-0.1, -0.05) is 50.2 Å². The number of aromatic nitrogens is 4. The highest BCUT2D eigenvalue weighted by molar-refractivity contribution is 8.00. The van der Waals surface area contributed by atoms with Crippen molar-refractivity contribution in [3.63, 3.8) is 0 Å². The van der Waals surface area contributed by atoms with Gasteiger partial charge in [-0.2, -0.15) is 8.78 Å². The maximum absolute atomic E-state index is 12.7. The molecule has 6 nitrogen and oxygen atoms in total. The molecular formula is C24H27F2N5OS2. The molecule has 0 spiro atoms. The number of halogens is 2. The minimum atomic E-state index is -2.48. The fraction of sp³-hybridized carbons (Fsp3) is 0.417. The quantitative estimate of drug-likeness (QED) is 0.399. The van der Waals surface area contributed by atoms with E-state index in [1.165, 1.54) is 18.2 Å². The number of rotatable bonds is 8. The van der Waals surface area contributed by atoms with Crippen LogP contribution in [-0.2, 0) is 4.79 Å². The van der Waals surface area contributed by atoms with Gasteiger partial charge >= 0.3 is 0 Å². The number of nitrogens with one attached hydrogen (secondary N) is 1. The molecular weight excluding hydrogens is 476 g/mol. The van der Waals surface area contributed by atoms with Gasteiger partial charge in [-0.15, -0.1) is 10.2 Å². The van der Waals surface area contributed by atoms with Gasteiger partial charge in [0.15, 0.2) is 11.0 Å². The Morgan fingerprint density at radius 1 is 1.18 bits per heavy atom. The van der Waals surface area contributed by atoms with Gasteiger partial charge < -0.3 is 5.32 Å². The Kier molecular flexibility index (Phi) is 8.20. The molecule has 1 aliphatic carbocycles. The van der Waals surface area contributed by atoms with Crippen molar-refractivity contribution in [1.29, 1.82) is 0 Å². The van der Waals surface area contributed by atoms with Gasteiger partial charge in [0.2, 0.25) is 5.91 Å². The molecule has 1 saturated carbocycles. The van der Waals surface area contributed by atoms with Crippen LogP contribution in [0.25, 0.3) is 17.1 Å². The standard InChI is InChI=1S/C24H27F2N5OS2/c1-15-5-3-7-20(16(15)2)28-21(32)14-33-24-30-29-22(17-6-4-12-27-13-17)31(24)18-8-10-19(11-9-18)34-23(25)26/h4,6,8-13,15-16,20,23H,3,5,7,14H2,1-2H3,(H,28,32)/t15-,16+,20-/m1/s1. The van der Waals surface area contributed by atoms with Crippen molar-refractivity contribution in [2.75, 3.05) is 5.75 Å². The highest BCUT2D eigenvalue weighted by Crippen LogP contribution is 2.32. The Labute approximate surface area is 206 Å². The molecule has 2 heterocycles. The van der Waals surface area contributed by atoms with Crippen LogP contribution >= 0.6 is 23.5 Å². The number of hydrogen-bond acceptors (Lipinski definition) is 6. The number of alkyl halides is 2. The highest BCUT2D eigenvalue weighted by Gasteiger charge is 2.28. The number of amides is 1. The van der Waals surface area contributed by atoms with Gasteiger partial charge in [0.25, 0.3) is 5.76 Å². The molecule has 1 aliphatic rings. The number of pyridine rings is 1. The first kappa shape index (κ1) is 24.7. The number of thioether (sulfide) groups is 2. The lowest BCUT2D eigenvalue weighted by molar-refractivity contribution is -0.120. The Morgan fingerprint density at radius 2 is 1.97 bits per heavy atom. The van der Waals surface area contributed by atoms with Crippen molar-refractivity contribution in [3.8, 4) is 17.1 Å². The molecule has 3 aromatic rings. The Morgan fingerprint density at radius 3 is 2.68 bits per heavy atom. The lowest BCUT2D eigenvalue weighted by Crippen LogP contribution is -2.44. The first-order valence-corrected chi connectivity index (χ1v) is 13.1. The number of nitrogens with zero attached hydrogens (tertiary/aromatic N) is 4. The molecule has 0 radical (unpaired) electrons. The van der Waals surface area contributed by atoms with Crippen molar-refractivity contribution in [2.45, 2.75) is 55.0 Å². The van der Waals surface area contributed by atoms with Crippen LogP contribution in [0.2, 0.25) is 0 Å². The Bertz CT molecular complexity index is 1090. The van der Waals surface area contributed by atoms with Crippen LogP contribution in [0, 0.1) is 11.8 Å². The fourth-order valence-electron chi connectivity index (χ4n) is 4.22. The van der Waals surface area contributed by atoms with Gasteiger partial charge in [-0.05, 0) is 54.7 Å². The van der Waals surface area contributed by atoms with Crippen LogP contribution in [0.3, 0.4) is 0 Å². The van der Waals surface area contributed by atoms with Gasteiger partial charge in [0.05, 0.1) is 5.75 Å². The molecule has 34 heavy (non-hydrogen) atoms. The predicted octanol–water partition coefficient (Wildman–Crippen LogP) is 5.68. The monoisotopic (exact) mass is 503 g/mol. The number of carbonyl (C=O) groups excluding carboxylic acids is 1. The number of benzene rings is 1. The molecule has 1 fully saturated rings. The lowest BCUT2D eigenvalue weighted by Gasteiger charge is -2.34. The topological polar surface area (TPSA) is 72.7 Å². The lowest BCUT2D eigenvalue weighted by atomic mass is 9.78. The van der Waals surface area contributed by atoms with E-state index < -0.39 is 5.76 Å². The third kappa shape index (κ3) is 5.96. The second kappa shape index (κ2) is 11.3. The van der Waals surface area contributed by atoms with Crippen LogP contribution < -0.4 is 5.32 Å². The smallest absolute Gasteiger partial charge is 0.288 e. The first-order valence-electron chi connectivity index (χ1n) is 11.3. The van der Waals surface area contributed by atoms with Gasteiger partial charge in [0, 0.05) is 34.6 Å². The summed E-state index contributed by atoms with van der Waals surface area (Å²) in [5.74, 6) is -0.679. The number of hydrogen-bond donors (Lipinski definition) is 1. The summed E-state index contributed by atoms with van der Waals surface area (Å²) < 4.78 is 27.3. The molecule has 1 N–H and O–H groups in total. The van der Waals surface area contributed by atoms with E-state index in [1.54, 1.807) is 36.7 Å². The van der Waals surface area contributed by atoms with E-state index in [0.29, 0.717) is 39.5 Å². The molecule has 0 unspecified atom stereocenters. The Balaban J connectivity index is 1.54. The SMILES string of the molecule is C[C@H]1[C@H](C)CCC[C@H]1NC(=O)CSc1nnc(-c2cccnc2)n1-c1ccc(SC(F)F)cc1. The largest absolute Gasteiger partial charge is 0.352 e. The van der Waals surface area contributed by atoms with E-state index in [4.69, 9.17) is 0 Å². The summed E-state index contributed by atoms with van der Waals surface area (Å²) in [6, 6.07) is 10.7. The second-order valence-electron chi connectivity index (χ2n) is 8.49. The van der Waals surface area contributed by atoms with Crippen LogP contribution in [0.1, 0.15) is 33.1 Å². The van der Waals surface area contributed by atoms with Crippen molar-refractivity contribution in [2.24, 2.45) is 11.8 Å². The highest BCUT2D eigenvalue weighted by atomic mass is 32.2. The summed E-state index contributed by atoms with van der Waals surface area (Å²) in [6.07, 6.45) is 6.71.